The average molecular weight is 327 g/mol. The zero-order valence-corrected chi connectivity index (χ0v) is 11.6. The molecule has 0 saturated heterocycles. The number of aromatic nitrogens is 4. The third-order valence-corrected chi connectivity index (χ3v) is 2.73. The quantitative estimate of drug-likeness (QED) is 0.369. The van der Waals surface area contributed by atoms with Gasteiger partial charge in [-0.15, -0.1) is 10.2 Å². The summed E-state index contributed by atoms with van der Waals surface area (Å²) >= 11 is 3.31. The van der Waals surface area contributed by atoms with Gasteiger partial charge in [-0.3, -0.25) is 0 Å². The summed E-state index contributed by atoms with van der Waals surface area (Å²) < 4.78 is 6.33. The molecule has 1 aromatic carbocycles. The van der Waals surface area contributed by atoms with E-state index in [-0.39, 0.29) is 12.4 Å². The average Bonchev–Trinajstić information content (AvgIpc) is 2.82. The molecule has 0 aliphatic carbocycles. The van der Waals surface area contributed by atoms with Crippen LogP contribution in [0.25, 0.3) is 0 Å². The smallest absolute Gasteiger partial charge is 0.212 e. The van der Waals surface area contributed by atoms with E-state index in [0.717, 1.165) is 4.47 Å². The second-order valence-corrected chi connectivity index (χ2v) is 4.53. The largest absolute Gasteiger partial charge is 0.485 e. The van der Waals surface area contributed by atoms with Gasteiger partial charge < -0.3 is 15.7 Å². The Morgan fingerprint density at radius 1 is 1.58 bits per heavy atom. The summed E-state index contributed by atoms with van der Waals surface area (Å²) in [6.45, 7) is 0.140. The van der Waals surface area contributed by atoms with Crippen molar-refractivity contribution in [3.63, 3.8) is 0 Å². The molecule has 1 heterocycles. The number of aryl methyl sites for hydroxylation is 1. The second-order valence-electron chi connectivity index (χ2n) is 3.61. The Kier molecular flexibility index (Phi) is 3.95. The van der Waals surface area contributed by atoms with Crippen LogP contribution in [0.5, 0.6) is 5.75 Å². The van der Waals surface area contributed by atoms with Crippen molar-refractivity contribution < 1.29 is 9.94 Å². The summed E-state index contributed by atoms with van der Waals surface area (Å²) in [4.78, 5) is 1.34. The van der Waals surface area contributed by atoms with Gasteiger partial charge in [0, 0.05) is 4.47 Å². The van der Waals surface area contributed by atoms with Crippen molar-refractivity contribution in [1.29, 1.82) is 0 Å². The molecule has 1 aromatic heterocycles. The summed E-state index contributed by atoms with van der Waals surface area (Å²) in [5.74, 6) is 0.866. The summed E-state index contributed by atoms with van der Waals surface area (Å²) in [5.41, 5.74) is 6.06. The van der Waals surface area contributed by atoms with Crippen LogP contribution in [0.3, 0.4) is 0 Å². The second kappa shape index (κ2) is 5.65. The highest BCUT2D eigenvalue weighted by Gasteiger charge is 2.10. The predicted molar refractivity (Wildman–Crippen MR) is 69.8 cm³/mol. The highest BCUT2D eigenvalue weighted by atomic mass is 79.9. The third kappa shape index (κ3) is 3.19. The fraction of sp³-hybridized carbons (Fsp3) is 0.200. The summed E-state index contributed by atoms with van der Waals surface area (Å²) in [6.07, 6.45) is 0. The van der Waals surface area contributed by atoms with Gasteiger partial charge in [-0.1, -0.05) is 21.1 Å². The molecule has 0 spiro atoms. The number of rotatable bonds is 4. The maximum atomic E-state index is 8.75. The molecule has 2 aromatic rings. The molecule has 0 amide bonds. The van der Waals surface area contributed by atoms with Gasteiger partial charge in [0.05, 0.1) is 12.6 Å². The lowest BCUT2D eigenvalue weighted by atomic mass is 10.2. The first-order chi connectivity index (χ1) is 9.10. The van der Waals surface area contributed by atoms with Gasteiger partial charge in [-0.25, -0.2) is 0 Å². The van der Waals surface area contributed by atoms with Crippen molar-refractivity contribution >= 4 is 21.8 Å². The predicted octanol–water partition coefficient (Wildman–Crippen LogP) is 0.646. The van der Waals surface area contributed by atoms with Crippen molar-refractivity contribution in [3.8, 4) is 5.75 Å². The zero-order chi connectivity index (χ0) is 13.8. The minimum Gasteiger partial charge on any atom is -0.485 e. The van der Waals surface area contributed by atoms with E-state index < -0.39 is 0 Å². The Hall–Kier alpha value is -2.16. The molecule has 19 heavy (non-hydrogen) atoms. The molecule has 0 bridgehead atoms. The van der Waals surface area contributed by atoms with Crippen molar-refractivity contribution in [2.45, 2.75) is 6.61 Å². The van der Waals surface area contributed by atoms with Crippen LogP contribution >= 0.6 is 15.9 Å². The van der Waals surface area contributed by atoms with Crippen molar-refractivity contribution in [1.82, 2.24) is 20.2 Å². The molecule has 0 fully saturated rings. The maximum Gasteiger partial charge on any atom is 0.212 e. The van der Waals surface area contributed by atoms with Crippen LogP contribution in [0.1, 0.15) is 11.4 Å². The molecule has 0 unspecified atom stereocenters. The molecule has 3 N–H and O–H groups in total. The first-order valence-electron chi connectivity index (χ1n) is 5.23. The fourth-order valence-electron chi connectivity index (χ4n) is 1.41. The molecule has 100 valence electrons. The number of benzene rings is 1. The van der Waals surface area contributed by atoms with E-state index in [1.807, 2.05) is 0 Å². The summed E-state index contributed by atoms with van der Waals surface area (Å²) in [5, 5.41) is 23.2. The van der Waals surface area contributed by atoms with Gasteiger partial charge in [0.2, 0.25) is 5.82 Å². The molecule has 0 aliphatic heterocycles. The fourth-order valence-corrected chi connectivity index (χ4v) is 1.77. The summed E-state index contributed by atoms with van der Waals surface area (Å²) in [6, 6.07) is 5.18. The molecule has 9 heteroatoms. The Morgan fingerprint density at radius 3 is 3.00 bits per heavy atom. The van der Waals surface area contributed by atoms with Gasteiger partial charge >= 0.3 is 0 Å². The molecule has 8 nitrogen and oxygen atoms in total. The Morgan fingerprint density at radius 2 is 2.37 bits per heavy atom. The van der Waals surface area contributed by atoms with E-state index in [4.69, 9.17) is 15.7 Å². The van der Waals surface area contributed by atoms with Gasteiger partial charge in [0.15, 0.2) is 12.4 Å². The number of amidine groups is 1. The van der Waals surface area contributed by atoms with E-state index in [2.05, 4.69) is 36.5 Å². The molecule has 0 atom stereocenters. The first-order valence-corrected chi connectivity index (χ1v) is 6.02. The molecule has 2 rings (SSSR count). The van der Waals surface area contributed by atoms with Crippen LogP contribution < -0.4 is 10.5 Å². The van der Waals surface area contributed by atoms with Crippen molar-refractivity contribution in [3.05, 3.63) is 34.1 Å². The van der Waals surface area contributed by atoms with E-state index >= 15 is 0 Å². The number of halogens is 1. The third-order valence-electron chi connectivity index (χ3n) is 2.23. The lowest BCUT2D eigenvalue weighted by molar-refractivity contribution is 0.293. The van der Waals surface area contributed by atoms with Gasteiger partial charge in [-0.2, -0.15) is 4.80 Å². The van der Waals surface area contributed by atoms with Crippen LogP contribution in [0.2, 0.25) is 0 Å². The minimum absolute atomic E-state index is 0.0385. The van der Waals surface area contributed by atoms with Crippen molar-refractivity contribution in [2.75, 3.05) is 0 Å². The number of nitrogens with zero attached hydrogens (tertiary/aromatic N) is 5. The topological polar surface area (TPSA) is 111 Å². The molecule has 0 radical (unpaired) electrons. The van der Waals surface area contributed by atoms with Crippen LogP contribution in [0.15, 0.2) is 27.8 Å². The maximum absolute atomic E-state index is 8.75. The van der Waals surface area contributed by atoms with Crippen LogP contribution in [-0.4, -0.2) is 31.3 Å². The summed E-state index contributed by atoms with van der Waals surface area (Å²) in [7, 11) is 1.66. The monoisotopic (exact) mass is 326 g/mol. The Labute approximate surface area is 117 Å². The Bertz CT molecular complexity index is 612. The zero-order valence-electron chi connectivity index (χ0n) is 9.99. The molecular formula is C10H11BrN6O2. The van der Waals surface area contributed by atoms with Gasteiger partial charge in [0.1, 0.15) is 5.75 Å². The number of ether oxygens (including phenoxy) is 1. The van der Waals surface area contributed by atoms with Crippen LogP contribution in [0.4, 0.5) is 0 Å². The number of hydrogen-bond acceptors (Lipinski definition) is 6. The van der Waals surface area contributed by atoms with Crippen LogP contribution in [0, 0.1) is 0 Å². The van der Waals surface area contributed by atoms with Crippen LogP contribution in [-0.2, 0) is 13.7 Å². The Balaban J connectivity index is 2.20. The first kappa shape index (κ1) is 13.3. The highest BCUT2D eigenvalue weighted by Crippen LogP contribution is 2.23. The van der Waals surface area contributed by atoms with Gasteiger partial charge in [-0.05, 0) is 23.4 Å². The highest BCUT2D eigenvalue weighted by molar-refractivity contribution is 9.10. The molecular weight excluding hydrogens is 316 g/mol. The van der Waals surface area contributed by atoms with E-state index in [0.29, 0.717) is 17.1 Å². The SMILES string of the molecule is Cn1nnc(COc2ccc(Br)cc2/C(N)=N/O)n1. The minimum atomic E-state index is -0.0385. The number of tetrazole rings is 1. The standard InChI is InChI=1S/C10H11BrN6O2/c1-17-14-9(13-16-17)5-19-8-3-2-6(11)4-7(8)10(12)15-18/h2-4,18H,5H2,1H3,(H2,12,15). The number of hydrogen-bond donors (Lipinski definition) is 2. The van der Waals surface area contributed by atoms with Crippen molar-refractivity contribution in [2.24, 2.45) is 17.9 Å². The normalized spacial score (nSPS) is 11.6. The lowest BCUT2D eigenvalue weighted by Gasteiger charge is -2.09. The van der Waals surface area contributed by atoms with E-state index in [9.17, 15) is 0 Å². The molecule has 0 aliphatic rings. The lowest BCUT2D eigenvalue weighted by Crippen LogP contribution is -2.15. The molecule has 0 saturated carbocycles. The number of nitrogens with two attached hydrogens (primary N) is 1. The van der Waals surface area contributed by atoms with Gasteiger partial charge in [0.25, 0.3) is 0 Å². The van der Waals surface area contributed by atoms with E-state index in [1.54, 1.807) is 25.2 Å². The van der Waals surface area contributed by atoms with E-state index in [1.165, 1.54) is 4.80 Å². The number of oxime groups is 1.